The average molecular weight is 279 g/mol. The van der Waals surface area contributed by atoms with E-state index in [0.29, 0.717) is 5.92 Å². The summed E-state index contributed by atoms with van der Waals surface area (Å²) in [7, 11) is 0. The van der Waals surface area contributed by atoms with Crippen molar-refractivity contribution in [2.24, 2.45) is 5.92 Å². The molecule has 0 radical (unpaired) electrons. The molecular formula is C20H38. The first kappa shape index (κ1) is 19.6. The fourth-order valence-corrected chi connectivity index (χ4v) is 2.54. The Bertz CT molecular complexity index is 230. The minimum absolute atomic E-state index is 0.612. The van der Waals surface area contributed by atoms with E-state index in [1.54, 1.807) is 0 Å². The zero-order valence-electron chi connectivity index (χ0n) is 14.5. The summed E-state index contributed by atoms with van der Waals surface area (Å²) in [4.78, 5) is 0. The highest BCUT2D eigenvalue weighted by Gasteiger charge is 1.97. The Hall–Kier alpha value is -0.440. The van der Waals surface area contributed by atoms with Gasteiger partial charge in [-0.1, -0.05) is 91.4 Å². The van der Waals surface area contributed by atoms with Crippen molar-refractivity contribution in [2.45, 2.75) is 111 Å². The Morgan fingerprint density at radius 3 is 1.75 bits per heavy atom. The lowest BCUT2D eigenvalue weighted by molar-refractivity contribution is 0.550. The van der Waals surface area contributed by atoms with Crippen LogP contribution in [0.15, 0.2) is 0 Å². The zero-order valence-corrected chi connectivity index (χ0v) is 14.5. The maximum atomic E-state index is 3.44. The van der Waals surface area contributed by atoms with E-state index in [4.69, 9.17) is 0 Å². The Morgan fingerprint density at radius 1 is 0.650 bits per heavy atom. The first-order chi connectivity index (χ1) is 9.81. The lowest BCUT2D eigenvalue weighted by atomic mass is 10.0. The highest BCUT2D eigenvalue weighted by atomic mass is 14.0. The molecule has 0 aliphatic carbocycles. The first-order valence-electron chi connectivity index (χ1n) is 9.29. The second-order valence-electron chi connectivity index (χ2n) is 6.30. The van der Waals surface area contributed by atoms with Crippen LogP contribution in [0.1, 0.15) is 111 Å². The van der Waals surface area contributed by atoms with Gasteiger partial charge in [0.05, 0.1) is 0 Å². The highest BCUT2D eigenvalue weighted by Crippen LogP contribution is 2.11. The van der Waals surface area contributed by atoms with Gasteiger partial charge in [0, 0.05) is 12.3 Å². The number of hydrogen-bond acceptors (Lipinski definition) is 0. The van der Waals surface area contributed by atoms with Crippen LogP contribution in [0.25, 0.3) is 0 Å². The van der Waals surface area contributed by atoms with E-state index in [0.717, 1.165) is 6.42 Å². The van der Waals surface area contributed by atoms with E-state index in [1.165, 1.54) is 83.5 Å². The van der Waals surface area contributed by atoms with Gasteiger partial charge in [-0.3, -0.25) is 0 Å². The summed E-state index contributed by atoms with van der Waals surface area (Å²) < 4.78 is 0. The van der Waals surface area contributed by atoms with E-state index < -0.39 is 0 Å². The van der Waals surface area contributed by atoms with Gasteiger partial charge >= 0.3 is 0 Å². The Labute approximate surface area is 129 Å². The van der Waals surface area contributed by atoms with Gasteiger partial charge in [0.2, 0.25) is 0 Å². The van der Waals surface area contributed by atoms with Gasteiger partial charge in [-0.25, -0.2) is 0 Å². The molecule has 0 saturated carbocycles. The summed E-state index contributed by atoms with van der Waals surface area (Å²) in [6, 6.07) is 0. The average Bonchev–Trinajstić information content (AvgIpc) is 2.45. The predicted octanol–water partition coefficient (Wildman–Crippen LogP) is 7.13. The standard InChI is InChI=1S/C20H38/c1-4-6-8-10-12-13-15-17-19-20(3)18-16-14-11-9-7-5-2/h20H,4-16,18H2,1-3H3. The summed E-state index contributed by atoms with van der Waals surface area (Å²) in [5, 5.41) is 0. The highest BCUT2D eigenvalue weighted by molar-refractivity contribution is 5.02. The van der Waals surface area contributed by atoms with Gasteiger partial charge in [0.1, 0.15) is 0 Å². The minimum atomic E-state index is 0.612. The molecule has 0 amide bonds. The quantitative estimate of drug-likeness (QED) is 0.248. The number of hydrogen-bond donors (Lipinski definition) is 0. The normalized spacial score (nSPS) is 11.9. The van der Waals surface area contributed by atoms with Gasteiger partial charge in [-0.05, 0) is 12.8 Å². The van der Waals surface area contributed by atoms with Crippen molar-refractivity contribution in [2.75, 3.05) is 0 Å². The molecule has 0 fully saturated rings. The molecule has 0 nitrogen and oxygen atoms in total. The van der Waals surface area contributed by atoms with Crippen molar-refractivity contribution >= 4 is 0 Å². The molecule has 0 heterocycles. The van der Waals surface area contributed by atoms with E-state index in [-0.39, 0.29) is 0 Å². The van der Waals surface area contributed by atoms with Gasteiger partial charge in [0.25, 0.3) is 0 Å². The van der Waals surface area contributed by atoms with Crippen molar-refractivity contribution in [3.05, 3.63) is 0 Å². The van der Waals surface area contributed by atoms with E-state index in [1.807, 2.05) is 0 Å². The minimum Gasteiger partial charge on any atom is -0.103 e. The van der Waals surface area contributed by atoms with Gasteiger partial charge in [-0.15, -0.1) is 11.8 Å². The van der Waals surface area contributed by atoms with Crippen LogP contribution in [0.2, 0.25) is 0 Å². The Balaban J connectivity index is 3.29. The van der Waals surface area contributed by atoms with Gasteiger partial charge in [0.15, 0.2) is 0 Å². The second-order valence-corrected chi connectivity index (χ2v) is 6.30. The molecule has 0 aromatic rings. The molecule has 0 rings (SSSR count). The molecule has 0 aliphatic heterocycles. The molecule has 0 bridgehead atoms. The number of unbranched alkanes of at least 4 members (excludes halogenated alkanes) is 11. The Morgan fingerprint density at radius 2 is 1.15 bits per heavy atom. The van der Waals surface area contributed by atoms with Crippen molar-refractivity contribution in [1.29, 1.82) is 0 Å². The van der Waals surface area contributed by atoms with Crippen LogP contribution in [0, 0.1) is 17.8 Å². The summed E-state index contributed by atoms with van der Waals surface area (Å²) in [5.74, 6) is 7.44. The van der Waals surface area contributed by atoms with Gasteiger partial charge < -0.3 is 0 Å². The number of rotatable bonds is 13. The summed E-state index contributed by atoms with van der Waals surface area (Å²) in [6.07, 6.45) is 19.1. The predicted molar refractivity (Wildman–Crippen MR) is 92.9 cm³/mol. The van der Waals surface area contributed by atoms with Gasteiger partial charge in [-0.2, -0.15) is 0 Å². The monoisotopic (exact) mass is 278 g/mol. The summed E-state index contributed by atoms with van der Waals surface area (Å²) in [6.45, 7) is 6.85. The zero-order chi connectivity index (χ0) is 14.9. The molecule has 20 heavy (non-hydrogen) atoms. The fourth-order valence-electron chi connectivity index (χ4n) is 2.54. The maximum absolute atomic E-state index is 3.44. The molecule has 0 spiro atoms. The molecule has 0 saturated heterocycles. The molecule has 1 unspecified atom stereocenters. The smallest absolute Gasteiger partial charge is 0.0174 e. The van der Waals surface area contributed by atoms with Crippen LogP contribution in [0.4, 0.5) is 0 Å². The first-order valence-corrected chi connectivity index (χ1v) is 9.29. The molecule has 0 aliphatic rings. The third kappa shape index (κ3) is 15.6. The van der Waals surface area contributed by atoms with Crippen molar-refractivity contribution in [3.63, 3.8) is 0 Å². The molecular weight excluding hydrogens is 240 g/mol. The van der Waals surface area contributed by atoms with E-state index >= 15 is 0 Å². The fraction of sp³-hybridized carbons (Fsp3) is 0.900. The van der Waals surface area contributed by atoms with E-state index in [2.05, 4.69) is 32.6 Å². The molecule has 0 heteroatoms. The lowest BCUT2D eigenvalue weighted by Crippen LogP contribution is -1.90. The maximum Gasteiger partial charge on any atom is 0.0174 e. The third-order valence-electron chi connectivity index (χ3n) is 3.99. The van der Waals surface area contributed by atoms with Crippen molar-refractivity contribution < 1.29 is 0 Å². The van der Waals surface area contributed by atoms with Crippen LogP contribution in [0.3, 0.4) is 0 Å². The molecule has 1 atom stereocenters. The molecule has 0 N–H and O–H groups in total. The molecule has 0 aromatic heterocycles. The van der Waals surface area contributed by atoms with Crippen LogP contribution in [-0.4, -0.2) is 0 Å². The third-order valence-corrected chi connectivity index (χ3v) is 3.99. The van der Waals surface area contributed by atoms with Crippen molar-refractivity contribution in [3.8, 4) is 11.8 Å². The van der Waals surface area contributed by atoms with Crippen LogP contribution in [-0.2, 0) is 0 Å². The van der Waals surface area contributed by atoms with E-state index in [9.17, 15) is 0 Å². The topological polar surface area (TPSA) is 0 Å². The Kier molecular flexibility index (Phi) is 16.2. The van der Waals surface area contributed by atoms with Crippen molar-refractivity contribution in [1.82, 2.24) is 0 Å². The summed E-state index contributed by atoms with van der Waals surface area (Å²) >= 11 is 0. The molecule has 0 aromatic carbocycles. The van der Waals surface area contributed by atoms with Crippen LogP contribution < -0.4 is 0 Å². The lowest BCUT2D eigenvalue weighted by Gasteiger charge is -2.03. The largest absolute Gasteiger partial charge is 0.103 e. The van der Waals surface area contributed by atoms with Crippen LogP contribution >= 0.6 is 0 Å². The SMILES string of the molecule is CCCCCCCCC#CC(C)CCCCCCCC. The second kappa shape index (κ2) is 16.6. The summed E-state index contributed by atoms with van der Waals surface area (Å²) in [5.41, 5.74) is 0. The van der Waals surface area contributed by atoms with Crippen LogP contribution in [0.5, 0.6) is 0 Å². The molecule has 118 valence electrons.